The Hall–Kier alpha value is -1.55. The Labute approximate surface area is 108 Å². The molecule has 0 aliphatic carbocycles. The fraction of sp³-hybridized carbons (Fsp3) is 0.500. The highest BCUT2D eigenvalue weighted by Gasteiger charge is 2.18. The maximum Gasteiger partial charge on any atom is 0.262 e. The molecule has 1 aliphatic heterocycles. The summed E-state index contributed by atoms with van der Waals surface area (Å²) in [7, 11) is 1.97. The van der Waals surface area contributed by atoms with E-state index in [-0.39, 0.29) is 12.5 Å². The lowest BCUT2D eigenvalue weighted by molar-refractivity contribution is -0.118. The summed E-state index contributed by atoms with van der Waals surface area (Å²) in [6.07, 6.45) is 3.47. The number of unbranched alkanes of at least 4 members (excludes halogenated alkanes) is 1. The summed E-state index contributed by atoms with van der Waals surface area (Å²) in [6.45, 7) is 2.30. The van der Waals surface area contributed by atoms with Crippen LogP contribution in [0.1, 0.15) is 37.8 Å². The lowest BCUT2D eigenvalue weighted by Gasteiger charge is -2.21. The van der Waals surface area contributed by atoms with Crippen LogP contribution in [0.2, 0.25) is 0 Å². The number of ether oxygens (including phenoxy) is 1. The summed E-state index contributed by atoms with van der Waals surface area (Å²) in [5.74, 6) is 0.665. The number of nitrogens with one attached hydrogen (secondary N) is 2. The van der Waals surface area contributed by atoms with Gasteiger partial charge < -0.3 is 15.4 Å². The molecule has 18 heavy (non-hydrogen) atoms. The maximum atomic E-state index is 11.3. The van der Waals surface area contributed by atoms with Crippen molar-refractivity contribution < 1.29 is 9.53 Å². The van der Waals surface area contributed by atoms with Gasteiger partial charge >= 0.3 is 0 Å². The normalized spacial score (nSPS) is 15.6. The van der Waals surface area contributed by atoms with Crippen LogP contribution in [0.5, 0.6) is 5.75 Å². The van der Waals surface area contributed by atoms with E-state index >= 15 is 0 Å². The van der Waals surface area contributed by atoms with Crippen LogP contribution in [0.15, 0.2) is 18.2 Å². The highest BCUT2D eigenvalue weighted by molar-refractivity contribution is 5.95. The van der Waals surface area contributed by atoms with Crippen molar-refractivity contribution in [3.63, 3.8) is 0 Å². The van der Waals surface area contributed by atoms with Crippen molar-refractivity contribution in [3.05, 3.63) is 23.8 Å². The Balaban J connectivity index is 2.18. The van der Waals surface area contributed by atoms with Crippen LogP contribution in [0.3, 0.4) is 0 Å². The summed E-state index contributed by atoms with van der Waals surface area (Å²) in [5.41, 5.74) is 1.97. The fourth-order valence-corrected chi connectivity index (χ4v) is 2.20. The minimum atomic E-state index is -0.0887. The Morgan fingerprint density at radius 1 is 1.50 bits per heavy atom. The van der Waals surface area contributed by atoms with Crippen LogP contribution in [0, 0.1) is 0 Å². The Kier molecular flexibility index (Phi) is 4.20. The molecule has 1 aliphatic rings. The number of fused-ring (bicyclic) bond motifs is 1. The van der Waals surface area contributed by atoms with Gasteiger partial charge in [-0.1, -0.05) is 25.8 Å². The largest absolute Gasteiger partial charge is 0.482 e. The number of carbonyl (C=O) groups excluding carboxylic acids is 1. The van der Waals surface area contributed by atoms with E-state index < -0.39 is 0 Å². The number of carbonyl (C=O) groups is 1. The van der Waals surface area contributed by atoms with Gasteiger partial charge in [0.25, 0.3) is 5.91 Å². The van der Waals surface area contributed by atoms with Crippen LogP contribution in [0.4, 0.5) is 5.69 Å². The van der Waals surface area contributed by atoms with E-state index in [9.17, 15) is 4.79 Å². The van der Waals surface area contributed by atoms with Crippen LogP contribution < -0.4 is 15.4 Å². The van der Waals surface area contributed by atoms with Gasteiger partial charge in [0.05, 0.1) is 5.69 Å². The highest BCUT2D eigenvalue weighted by Crippen LogP contribution is 2.31. The summed E-state index contributed by atoms with van der Waals surface area (Å²) in [6, 6.07) is 6.32. The molecule has 0 fully saturated rings. The lowest BCUT2D eigenvalue weighted by atomic mass is 10.00. The molecule has 0 saturated carbocycles. The zero-order chi connectivity index (χ0) is 13.0. The molecule has 1 heterocycles. The monoisotopic (exact) mass is 248 g/mol. The standard InChI is InChI=1S/C14H20N2O2/c1-3-4-5-11(15-2)10-6-7-13-12(8-10)16-14(17)9-18-13/h6-8,11,15H,3-5,9H2,1-2H3,(H,16,17). The summed E-state index contributed by atoms with van der Waals surface area (Å²) in [4.78, 5) is 11.3. The molecule has 1 atom stereocenters. The SMILES string of the molecule is CCCCC(NC)c1ccc2c(c1)NC(=O)CO2. The van der Waals surface area contributed by atoms with Crippen molar-refractivity contribution in [3.8, 4) is 5.75 Å². The lowest BCUT2D eigenvalue weighted by Crippen LogP contribution is -2.26. The van der Waals surface area contributed by atoms with Gasteiger partial charge in [-0.15, -0.1) is 0 Å². The smallest absolute Gasteiger partial charge is 0.262 e. The van der Waals surface area contributed by atoms with Crippen LogP contribution >= 0.6 is 0 Å². The molecule has 2 N–H and O–H groups in total. The van der Waals surface area contributed by atoms with Crippen LogP contribution in [0.25, 0.3) is 0 Å². The zero-order valence-corrected chi connectivity index (χ0v) is 11.0. The quantitative estimate of drug-likeness (QED) is 0.841. The highest BCUT2D eigenvalue weighted by atomic mass is 16.5. The molecule has 1 amide bonds. The number of anilines is 1. The predicted molar refractivity (Wildman–Crippen MR) is 71.9 cm³/mol. The van der Waals surface area contributed by atoms with Gasteiger partial charge in [0.2, 0.25) is 0 Å². The van der Waals surface area contributed by atoms with Crippen molar-refractivity contribution in [1.29, 1.82) is 0 Å². The van der Waals surface area contributed by atoms with Gasteiger partial charge in [0.1, 0.15) is 5.75 Å². The molecule has 4 heteroatoms. The van der Waals surface area contributed by atoms with Gasteiger partial charge in [0.15, 0.2) is 6.61 Å². The van der Waals surface area contributed by atoms with Gasteiger partial charge in [-0.05, 0) is 31.2 Å². The van der Waals surface area contributed by atoms with Gasteiger partial charge in [-0.25, -0.2) is 0 Å². The first kappa shape index (κ1) is 12.9. The molecular formula is C14H20N2O2. The molecule has 1 aromatic carbocycles. The van der Waals surface area contributed by atoms with Crippen molar-refractivity contribution >= 4 is 11.6 Å². The van der Waals surface area contributed by atoms with E-state index in [1.165, 1.54) is 18.4 Å². The molecule has 0 bridgehead atoms. The fourth-order valence-electron chi connectivity index (χ4n) is 2.20. The third-order valence-electron chi connectivity index (χ3n) is 3.23. The van der Waals surface area contributed by atoms with Crippen molar-refractivity contribution in [2.75, 3.05) is 19.0 Å². The third-order valence-corrected chi connectivity index (χ3v) is 3.23. The second-order valence-electron chi connectivity index (χ2n) is 4.58. The van der Waals surface area contributed by atoms with E-state index in [1.807, 2.05) is 19.2 Å². The van der Waals surface area contributed by atoms with Gasteiger partial charge in [-0.3, -0.25) is 4.79 Å². The molecule has 0 saturated heterocycles. The van der Waals surface area contributed by atoms with Crippen LogP contribution in [-0.4, -0.2) is 19.6 Å². The Morgan fingerprint density at radius 2 is 2.33 bits per heavy atom. The summed E-state index contributed by atoms with van der Waals surface area (Å²) >= 11 is 0. The van der Waals surface area contributed by atoms with E-state index in [2.05, 4.69) is 23.6 Å². The molecule has 0 radical (unpaired) electrons. The van der Waals surface area contributed by atoms with Crippen LogP contribution in [-0.2, 0) is 4.79 Å². The van der Waals surface area contributed by atoms with E-state index in [0.29, 0.717) is 6.04 Å². The molecule has 0 aromatic heterocycles. The number of hydrogen-bond donors (Lipinski definition) is 2. The Bertz CT molecular complexity index is 432. The zero-order valence-electron chi connectivity index (χ0n) is 11.0. The molecule has 98 valence electrons. The third kappa shape index (κ3) is 2.82. The maximum absolute atomic E-state index is 11.3. The predicted octanol–water partition coefficient (Wildman–Crippen LogP) is 2.47. The molecule has 4 nitrogen and oxygen atoms in total. The molecule has 0 spiro atoms. The minimum Gasteiger partial charge on any atom is -0.482 e. The molecule has 1 aromatic rings. The first-order valence-electron chi connectivity index (χ1n) is 6.48. The first-order valence-corrected chi connectivity index (χ1v) is 6.48. The number of benzene rings is 1. The second kappa shape index (κ2) is 5.87. The van der Waals surface area contributed by atoms with Crippen molar-refractivity contribution in [1.82, 2.24) is 5.32 Å². The average Bonchev–Trinajstić information content (AvgIpc) is 2.39. The Morgan fingerprint density at radius 3 is 3.06 bits per heavy atom. The summed E-state index contributed by atoms with van der Waals surface area (Å²) in [5, 5.41) is 6.16. The second-order valence-corrected chi connectivity index (χ2v) is 4.58. The average molecular weight is 248 g/mol. The minimum absolute atomic E-state index is 0.0887. The number of amides is 1. The topological polar surface area (TPSA) is 50.4 Å². The summed E-state index contributed by atoms with van der Waals surface area (Å²) < 4.78 is 5.35. The number of hydrogen-bond acceptors (Lipinski definition) is 3. The molecule has 2 rings (SSSR count). The van der Waals surface area contributed by atoms with Crippen molar-refractivity contribution in [2.45, 2.75) is 32.2 Å². The van der Waals surface area contributed by atoms with E-state index in [0.717, 1.165) is 17.9 Å². The van der Waals surface area contributed by atoms with E-state index in [1.54, 1.807) is 0 Å². The van der Waals surface area contributed by atoms with Gasteiger partial charge in [-0.2, -0.15) is 0 Å². The molecule has 1 unspecified atom stereocenters. The first-order chi connectivity index (χ1) is 8.74. The van der Waals surface area contributed by atoms with E-state index in [4.69, 9.17) is 4.74 Å². The number of rotatable bonds is 5. The molecular weight excluding hydrogens is 228 g/mol. The van der Waals surface area contributed by atoms with Crippen molar-refractivity contribution in [2.24, 2.45) is 0 Å². The van der Waals surface area contributed by atoms with Gasteiger partial charge in [0, 0.05) is 6.04 Å².